The number of nitrogens with two attached hydrogens (primary N) is 1. The van der Waals surface area contributed by atoms with Crippen LogP contribution < -0.4 is 15.8 Å². The number of hydrogen-bond acceptors (Lipinski definition) is 3. The van der Waals surface area contributed by atoms with Crippen LogP contribution in [0, 0.1) is 0 Å². The molecule has 0 aromatic heterocycles. The lowest BCUT2D eigenvalue weighted by Crippen LogP contribution is -2.38. The van der Waals surface area contributed by atoms with Crippen molar-refractivity contribution in [2.24, 2.45) is 10.7 Å². The number of para-hydroxylation sites is 2. The van der Waals surface area contributed by atoms with Gasteiger partial charge in [-0.15, -0.1) is 37.1 Å². The minimum atomic E-state index is -4.83. The zero-order valence-corrected chi connectivity index (χ0v) is 17.6. The fourth-order valence-corrected chi connectivity index (χ4v) is 2.92. The number of aliphatic imine (C=N–C) groups is 1. The highest BCUT2D eigenvalue weighted by Crippen LogP contribution is 2.29. The van der Waals surface area contributed by atoms with Gasteiger partial charge in [0.25, 0.3) is 0 Å². The van der Waals surface area contributed by atoms with Crippen molar-refractivity contribution in [3.63, 3.8) is 0 Å². The van der Waals surface area contributed by atoms with Crippen LogP contribution in [0.2, 0.25) is 0 Å². The summed E-state index contributed by atoms with van der Waals surface area (Å²) in [4.78, 5) is 18.0. The normalized spacial score (nSPS) is 13.9. The van der Waals surface area contributed by atoms with Crippen LogP contribution in [-0.2, 0) is 17.8 Å². The Bertz CT molecular complexity index is 890. The lowest BCUT2D eigenvalue weighted by Gasteiger charge is -2.28. The summed E-state index contributed by atoms with van der Waals surface area (Å²) >= 11 is 0. The van der Waals surface area contributed by atoms with E-state index < -0.39 is 12.1 Å². The SMILES string of the molecule is I.NC(=NCC(=O)N1CCc2ccccc2C1)Nc1ccccc1OC(F)(F)F. The van der Waals surface area contributed by atoms with E-state index in [1.165, 1.54) is 23.8 Å². The van der Waals surface area contributed by atoms with E-state index in [1.807, 2.05) is 24.3 Å². The van der Waals surface area contributed by atoms with E-state index in [9.17, 15) is 18.0 Å². The molecule has 0 radical (unpaired) electrons. The number of fused-ring (bicyclic) bond motifs is 1. The van der Waals surface area contributed by atoms with E-state index >= 15 is 0 Å². The van der Waals surface area contributed by atoms with Crippen LogP contribution in [0.25, 0.3) is 0 Å². The van der Waals surface area contributed by atoms with E-state index in [2.05, 4.69) is 15.0 Å². The summed E-state index contributed by atoms with van der Waals surface area (Å²) in [5, 5.41) is 2.54. The number of guanidine groups is 1. The molecule has 1 amide bonds. The molecule has 0 bridgehead atoms. The molecular weight excluding hydrogens is 500 g/mol. The second-order valence-electron chi connectivity index (χ2n) is 6.20. The van der Waals surface area contributed by atoms with E-state index in [4.69, 9.17) is 5.73 Å². The van der Waals surface area contributed by atoms with Crippen molar-refractivity contribution in [3.05, 3.63) is 59.7 Å². The third-order valence-corrected chi connectivity index (χ3v) is 4.24. The average Bonchev–Trinajstić information content (AvgIpc) is 2.66. The van der Waals surface area contributed by atoms with E-state index in [0.29, 0.717) is 13.1 Å². The zero-order valence-electron chi connectivity index (χ0n) is 15.3. The zero-order chi connectivity index (χ0) is 20.1. The summed E-state index contributed by atoms with van der Waals surface area (Å²) < 4.78 is 41.3. The predicted octanol–water partition coefficient (Wildman–Crippen LogP) is 3.51. The molecule has 3 rings (SSSR count). The van der Waals surface area contributed by atoms with Crippen molar-refractivity contribution in [2.45, 2.75) is 19.3 Å². The van der Waals surface area contributed by atoms with Crippen molar-refractivity contribution in [1.82, 2.24) is 4.90 Å². The molecular formula is C19H20F3IN4O2. The first-order valence-corrected chi connectivity index (χ1v) is 8.58. The Morgan fingerprint density at radius 3 is 2.52 bits per heavy atom. The molecule has 2 aromatic rings. The monoisotopic (exact) mass is 520 g/mol. The number of hydrogen-bond donors (Lipinski definition) is 2. The molecule has 1 aliphatic heterocycles. The highest BCUT2D eigenvalue weighted by atomic mass is 127. The van der Waals surface area contributed by atoms with Gasteiger partial charge >= 0.3 is 6.36 Å². The predicted molar refractivity (Wildman–Crippen MR) is 114 cm³/mol. The number of alkyl halides is 3. The fraction of sp³-hybridized carbons (Fsp3) is 0.263. The molecule has 2 aromatic carbocycles. The lowest BCUT2D eigenvalue weighted by atomic mass is 10.00. The second-order valence-corrected chi connectivity index (χ2v) is 6.20. The Kier molecular flexibility index (Phi) is 7.71. The lowest BCUT2D eigenvalue weighted by molar-refractivity contribution is -0.274. The Morgan fingerprint density at radius 2 is 1.79 bits per heavy atom. The van der Waals surface area contributed by atoms with Gasteiger partial charge in [0.2, 0.25) is 5.91 Å². The van der Waals surface area contributed by atoms with Gasteiger partial charge in [-0.25, -0.2) is 4.99 Å². The summed E-state index contributed by atoms with van der Waals surface area (Å²) in [6.45, 7) is 0.879. The number of carbonyl (C=O) groups is 1. The molecule has 0 spiro atoms. The number of amides is 1. The molecule has 0 atom stereocenters. The minimum absolute atomic E-state index is 0. The van der Waals surface area contributed by atoms with Crippen molar-refractivity contribution >= 4 is 41.5 Å². The maximum absolute atomic E-state index is 12.5. The largest absolute Gasteiger partial charge is 0.573 e. The first-order chi connectivity index (χ1) is 13.3. The minimum Gasteiger partial charge on any atom is -0.404 e. The van der Waals surface area contributed by atoms with Gasteiger partial charge in [0, 0.05) is 13.1 Å². The van der Waals surface area contributed by atoms with Crippen molar-refractivity contribution in [3.8, 4) is 5.75 Å². The molecule has 156 valence electrons. The molecule has 0 fully saturated rings. The number of anilines is 1. The highest BCUT2D eigenvalue weighted by molar-refractivity contribution is 14.0. The van der Waals surface area contributed by atoms with Crippen LogP contribution in [0.4, 0.5) is 18.9 Å². The highest BCUT2D eigenvalue weighted by Gasteiger charge is 2.32. The molecule has 1 heterocycles. The summed E-state index contributed by atoms with van der Waals surface area (Å²) in [5.41, 5.74) is 8.04. The fourth-order valence-electron chi connectivity index (χ4n) is 2.92. The van der Waals surface area contributed by atoms with Crippen molar-refractivity contribution in [2.75, 3.05) is 18.4 Å². The van der Waals surface area contributed by atoms with Gasteiger partial charge in [-0.05, 0) is 29.7 Å². The Hall–Kier alpha value is -2.50. The quantitative estimate of drug-likeness (QED) is 0.368. The molecule has 6 nitrogen and oxygen atoms in total. The Balaban J connectivity index is 0.00000300. The number of nitrogens with zero attached hydrogens (tertiary/aromatic N) is 2. The molecule has 29 heavy (non-hydrogen) atoms. The van der Waals surface area contributed by atoms with Crippen LogP contribution >= 0.6 is 24.0 Å². The van der Waals surface area contributed by atoms with Crippen molar-refractivity contribution in [1.29, 1.82) is 0 Å². The average molecular weight is 520 g/mol. The van der Waals surface area contributed by atoms with Crippen LogP contribution in [0.5, 0.6) is 5.75 Å². The van der Waals surface area contributed by atoms with Gasteiger partial charge in [0.1, 0.15) is 6.54 Å². The Morgan fingerprint density at radius 1 is 1.14 bits per heavy atom. The molecule has 0 unspecified atom stereocenters. The molecule has 10 heteroatoms. The maximum atomic E-state index is 12.5. The number of nitrogens with one attached hydrogen (secondary N) is 1. The van der Waals surface area contributed by atoms with Gasteiger partial charge in [-0.3, -0.25) is 4.79 Å². The number of halogens is 4. The second kappa shape index (κ2) is 9.81. The smallest absolute Gasteiger partial charge is 0.404 e. The molecule has 0 saturated carbocycles. The first-order valence-electron chi connectivity index (χ1n) is 8.58. The van der Waals surface area contributed by atoms with E-state index in [1.54, 1.807) is 4.90 Å². The molecule has 0 aliphatic carbocycles. The van der Waals surface area contributed by atoms with E-state index in [0.717, 1.165) is 18.1 Å². The topological polar surface area (TPSA) is 80.0 Å². The molecule has 1 aliphatic rings. The number of ether oxygens (including phenoxy) is 1. The van der Waals surface area contributed by atoms with Gasteiger partial charge in [-0.1, -0.05) is 36.4 Å². The van der Waals surface area contributed by atoms with Gasteiger partial charge in [-0.2, -0.15) is 0 Å². The standard InChI is InChI=1S/C19H19F3N4O2.HI/c20-19(21,22)28-16-8-4-3-7-15(16)25-18(23)24-11-17(27)26-10-9-13-5-1-2-6-14(13)12-26;/h1-8H,9-12H2,(H3,23,24,25);1H. The maximum Gasteiger partial charge on any atom is 0.573 e. The number of carbonyl (C=O) groups excluding carboxylic acids is 1. The first kappa shape index (κ1) is 22.8. The van der Waals surface area contributed by atoms with E-state index in [-0.39, 0.29) is 48.1 Å². The van der Waals surface area contributed by atoms with Gasteiger partial charge in [0.15, 0.2) is 11.7 Å². The third-order valence-electron chi connectivity index (χ3n) is 4.24. The summed E-state index contributed by atoms with van der Waals surface area (Å²) in [6.07, 6.45) is -4.06. The summed E-state index contributed by atoms with van der Waals surface area (Å²) in [6, 6.07) is 13.3. The summed E-state index contributed by atoms with van der Waals surface area (Å²) in [7, 11) is 0. The van der Waals surface area contributed by atoms with Gasteiger partial charge in [0.05, 0.1) is 5.69 Å². The summed E-state index contributed by atoms with van der Waals surface area (Å²) in [5.74, 6) is -0.824. The van der Waals surface area contributed by atoms with Crippen LogP contribution in [0.1, 0.15) is 11.1 Å². The van der Waals surface area contributed by atoms with Crippen LogP contribution in [0.3, 0.4) is 0 Å². The van der Waals surface area contributed by atoms with Crippen molar-refractivity contribution < 1.29 is 22.7 Å². The third kappa shape index (κ3) is 6.51. The Labute approximate surface area is 182 Å². The number of benzene rings is 2. The molecule has 0 saturated heterocycles. The van der Waals surface area contributed by atoms with Crippen LogP contribution in [0.15, 0.2) is 53.5 Å². The molecule has 3 N–H and O–H groups in total. The van der Waals surface area contributed by atoms with Crippen LogP contribution in [-0.4, -0.2) is 36.2 Å². The number of rotatable bonds is 4. The van der Waals surface area contributed by atoms with Gasteiger partial charge < -0.3 is 20.7 Å².